The lowest BCUT2D eigenvalue weighted by Crippen LogP contribution is -2.09. The zero-order valence-corrected chi connectivity index (χ0v) is 28.0. The summed E-state index contributed by atoms with van der Waals surface area (Å²) in [4.78, 5) is 2.29. The van der Waals surface area contributed by atoms with E-state index in [2.05, 4.69) is 191 Å². The number of rotatable bonds is 5. The number of nitrogens with zero attached hydrogens (tertiary/aromatic N) is 2. The first kappa shape index (κ1) is 28.8. The number of hydrogen-bond acceptors (Lipinski definition) is 3. The van der Waals surface area contributed by atoms with Crippen molar-refractivity contribution in [1.29, 1.82) is 0 Å². The second-order valence-electron chi connectivity index (χ2n) is 13.4. The van der Waals surface area contributed by atoms with Gasteiger partial charge in [0, 0.05) is 55.1 Å². The van der Waals surface area contributed by atoms with Crippen LogP contribution < -0.4 is 4.90 Å². The molecule has 4 heteroatoms. The van der Waals surface area contributed by atoms with Crippen molar-refractivity contribution in [3.8, 4) is 16.8 Å². The Bertz CT molecular complexity index is 3040. The number of aromatic nitrogens is 1. The molecule has 0 aliphatic carbocycles. The fraction of sp³-hybridized carbons (Fsp3) is 0. The van der Waals surface area contributed by atoms with Crippen LogP contribution in [0.3, 0.4) is 0 Å². The molecule has 11 aromatic rings. The smallest absolute Gasteiger partial charge is 0.135 e. The van der Waals surface area contributed by atoms with Crippen molar-refractivity contribution in [2.24, 2.45) is 0 Å². The van der Waals surface area contributed by atoms with Crippen molar-refractivity contribution < 1.29 is 8.83 Å². The van der Waals surface area contributed by atoms with E-state index in [1.807, 2.05) is 0 Å². The summed E-state index contributed by atoms with van der Waals surface area (Å²) in [6, 6.07) is 64.2. The zero-order chi connectivity index (χ0) is 34.2. The minimum absolute atomic E-state index is 0.867. The van der Waals surface area contributed by atoms with E-state index < -0.39 is 0 Å². The third-order valence-corrected chi connectivity index (χ3v) is 10.4. The second kappa shape index (κ2) is 11.2. The molecule has 0 radical (unpaired) electrons. The SMILES string of the molecule is c1ccc(N(c2ccccc2)c2ccc3oc4ccc(-c5ccc6oc7ccc(-n8c9ccccc9c9ccccc98)cc7c6c5)cc4c3c2)cc1. The van der Waals surface area contributed by atoms with Crippen molar-refractivity contribution in [2.75, 3.05) is 4.90 Å². The van der Waals surface area contributed by atoms with Gasteiger partial charge in [-0.3, -0.25) is 0 Å². The van der Waals surface area contributed by atoms with Crippen LogP contribution in [0.2, 0.25) is 0 Å². The molecule has 0 bridgehead atoms. The topological polar surface area (TPSA) is 34.5 Å². The summed E-state index contributed by atoms with van der Waals surface area (Å²) in [5.41, 5.74) is 12.5. The standard InChI is InChI=1S/C48H30N2O2/c1-3-11-33(12-4-1)49(34-13-5-2-6-14-34)35-21-25-47-41(29-35)39-27-31(19-23-45(39)51-47)32-20-24-46-40(28-32)42-30-36(22-26-48(42)52-46)50-43-17-9-7-15-37(43)38-16-8-10-18-44(38)50/h1-30H. The van der Waals surface area contributed by atoms with Gasteiger partial charge >= 0.3 is 0 Å². The van der Waals surface area contributed by atoms with Crippen LogP contribution in [0, 0.1) is 0 Å². The minimum Gasteiger partial charge on any atom is -0.456 e. The van der Waals surface area contributed by atoms with Crippen molar-refractivity contribution >= 4 is 82.7 Å². The van der Waals surface area contributed by atoms with E-state index in [9.17, 15) is 0 Å². The van der Waals surface area contributed by atoms with Crippen LogP contribution in [0.1, 0.15) is 0 Å². The van der Waals surface area contributed by atoms with Crippen molar-refractivity contribution in [2.45, 2.75) is 0 Å². The molecule has 0 aliphatic heterocycles. The van der Waals surface area contributed by atoms with E-state index >= 15 is 0 Å². The predicted octanol–water partition coefficient (Wildman–Crippen LogP) is 13.7. The average Bonchev–Trinajstić information content (AvgIpc) is 3.87. The van der Waals surface area contributed by atoms with Crippen LogP contribution in [0.15, 0.2) is 191 Å². The number of fused-ring (bicyclic) bond motifs is 9. The summed E-state index contributed by atoms with van der Waals surface area (Å²) in [7, 11) is 0. The Morgan fingerprint density at radius 2 is 0.769 bits per heavy atom. The molecule has 3 heterocycles. The van der Waals surface area contributed by atoms with Gasteiger partial charge < -0.3 is 18.3 Å². The first-order valence-corrected chi connectivity index (χ1v) is 17.6. The fourth-order valence-corrected chi connectivity index (χ4v) is 7.97. The molecular weight excluding hydrogens is 637 g/mol. The maximum Gasteiger partial charge on any atom is 0.135 e. The van der Waals surface area contributed by atoms with Crippen molar-refractivity contribution in [3.05, 3.63) is 182 Å². The van der Waals surface area contributed by atoms with Gasteiger partial charge in [0.1, 0.15) is 22.3 Å². The molecule has 0 aliphatic rings. The summed E-state index contributed by atoms with van der Waals surface area (Å²) >= 11 is 0. The first-order chi connectivity index (χ1) is 25.8. The van der Waals surface area contributed by atoms with Crippen LogP contribution in [0.25, 0.3) is 82.5 Å². The van der Waals surface area contributed by atoms with Gasteiger partial charge in [-0.2, -0.15) is 0 Å². The lowest BCUT2D eigenvalue weighted by molar-refractivity contribution is 0.668. The monoisotopic (exact) mass is 666 g/mol. The highest BCUT2D eigenvalue weighted by Crippen LogP contribution is 2.41. The number of hydrogen-bond donors (Lipinski definition) is 0. The number of furan rings is 2. The largest absolute Gasteiger partial charge is 0.456 e. The normalized spacial score (nSPS) is 11.8. The minimum atomic E-state index is 0.867. The lowest BCUT2D eigenvalue weighted by Gasteiger charge is -2.25. The van der Waals surface area contributed by atoms with Crippen molar-refractivity contribution in [1.82, 2.24) is 4.57 Å². The van der Waals surface area contributed by atoms with Crippen LogP contribution in [-0.4, -0.2) is 4.57 Å². The van der Waals surface area contributed by atoms with Gasteiger partial charge in [0.05, 0.1) is 11.0 Å². The molecule has 3 aromatic heterocycles. The summed E-state index contributed by atoms with van der Waals surface area (Å²) < 4.78 is 15.1. The molecule has 0 amide bonds. The number of anilines is 3. The summed E-state index contributed by atoms with van der Waals surface area (Å²) in [6.45, 7) is 0. The van der Waals surface area contributed by atoms with E-state index in [1.165, 1.54) is 21.8 Å². The van der Waals surface area contributed by atoms with Gasteiger partial charge in [0.2, 0.25) is 0 Å². The quantitative estimate of drug-likeness (QED) is 0.183. The van der Waals surface area contributed by atoms with Crippen LogP contribution in [0.5, 0.6) is 0 Å². The molecule has 0 N–H and O–H groups in total. The van der Waals surface area contributed by atoms with Gasteiger partial charge in [-0.15, -0.1) is 0 Å². The highest BCUT2D eigenvalue weighted by Gasteiger charge is 2.17. The van der Waals surface area contributed by atoms with E-state index in [1.54, 1.807) is 0 Å². The van der Waals surface area contributed by atoms with Gasteiger partial charge in [-0.25, -0.2) is 0 Å². The van der Waals surface area contributed by atoms with E-state index in [-0.39, 0.29) is 0 Å². The van der Waals surface area contributed by atoms with E-state index in [0.29, 0.717) is 0 Å². The maximum absolute atomic E-state index is 6.39. The third kappa shape index (κ3) is 4.41. The zero-order valence-electron chi connectivity index (χ0n) is 28.0. The van der Waals surface area contributed by atoms with Crippen LogP contribution in [0.4, 0.5) is 17.1 Å². The maximum atomic E-state index is 6.39. The van der Waals surface area contributed by atoms with Crippen LogP contribution in [-0.2, 0) is 0 Å². The Morgan fingerprint density at radius 3 is 1.33 bits per heavy atom. The van der Waals surface area contributed by atoms with Crippen molar-refractivity contribution in [3.63, 3.8) is 0 Å². The molecule has 0 spiro atoms. The fourth-order valence-electron chi connectivity index (χ4n) is 7.97. The Balaban J connectivity index is 1.04. The van der Waals surface area contributed by atoms with Gasteiger partial charge in [0.25, 0.3) is 0 Å². The Kier molecular flexibility index (Phi) is 6.22. The summed E-state index contributed by atoms with van der Waals surface area (Å²) in [5, 5.41) is 6.85. The number of benzene rings is 8. The number of para-hydroxylation sites is 4. The van der Waals surface area contributed by atoms with Gasteiger partial charge in [0.15, 0.2) is 0 Å². The molecule has 0 saturated carbocycles. The first-order valence-electron chi connectivity index (χ1n) is 17.6. The Labute approximate surface area is 299 Å². The second-order valence-corrected chi connectivity index (χ2v) is 13.4. The Hall–Kier alpha value is -7.04. The molecule has 8 aromatic carbocycles. The van der Waals surface area contributed by atoms with E-state index in [4.69, 9.17) is 8.83 Å². The molecule has 0 fully saturated rings. The lowest BCUT2D eigenvalue weighted by atomic mass is 10.0. The molecular formula is C48H30N2O2. The average molecular weight is 667 g/mol. The Morgan fingerprint density at radius 1 is 0.327 bits per heavy atom. The van der Waals surface area contributed by atoms with Gasteiger partial charge in [-0.05, 0) is 108 Å². The molecule has 0 unspecified atom stereocenters. The summed E-state index contributed by atoms with van der Waals surface area (Å²) in [6.07, 6.45) is 0. The molecule has 244 valence electrons. The van der Waals surface area contributed by atoms with Gasteiger partial charge in [-0.1, -0.05) is 84.9 Å². The highest BCUT2D eigenvalue weighted by molar-refractivity contribution is 6.12. The summed E-state index contributed by atoms with van der Waals surface area (Å²) in [5.74, 6) is 0. The molecule has 0 saturated heterocycles. The molecule has 0 atom stereocenters. The third-order valence-electron chi connectivity index (χ3n) is 10.4. The molecule has 52 heavy (non-hydrogen) atoms. The molecule has 11 rings (SSSR count). The molecule has 4 nitrogen and oxygen atoms in total. The van der Waals surface area contributed by atoms with Crippen LogP contribution >= 0.6 is 0 Å². The van der Waals surface area contributed by atoms with E-state index in [0.717, 1.165) is 77.8 Å². The predicted molar refractivity (Wildman–Crippen MR) is 215 cm³/mol. The highest BCUT2D eigenvalue weighted by atomic mass is 16.3.